The Labute approximate surface area is 47.5 Å². The summed E-state index contributed by atoms with van der Waals surface area (Å²) in [6, 6.07) is 0. The standard InChI is InChI=1S/C4H10N2O2/c7-3-1-5-4(8)2-6-3/h3-8H,1-2H2. The van der Waals surface area contributed by atoms with E-state index in [-0.39, 0.29) is 0 Å². The minimum Gasteiger partial charge on any atom is -0.377 e. The first-order valence-corrected chi connectivity index (χ1v) is 2.62. The first kappa shape index (κ1) is 5.97. The maximum atomic E-state index is 8.74. The third-order valence-corrected chi connectivity index (χ3v) is 1.09. The molecule has 4 N–H and O–H groups in total. The monoisotopic (exact) mass is 118 g/mol. The number of hydrogen-bond acceptors (Lipinski definition) is 4. The highest BCUT2D eigenvalue weighted by molar-refractivity contribution is 4.68. The van der Waals surface area contributed by atoms with Crippen molar-refractivity contribution in [3.05, 3.63) is 0 Å². The molecule has 0 aromatic heterocycles. The maximum Gasteiger partial charge on any atom is 0.117 e. The number of piperazine rings is 1. The lowest BCUT2D eigenvalue weighted by atomic mass is 10.4. The molecule has 0 saturated carbocycles. The summed E-state index contributed by atoms with van der Waals surface area (Å²) in [4.78, 5) is 0. The van der Waals surface area contributed by atoms with Crippen molar-refractivity contribution in [1.29, 1.82) is 0 Å². The van der Waals surface area contributed by atoms with Crippen LogP contribution in [0, 0.1) is 0 Å². The van der Waals surface area contributed by atoms with Crippen LogP contribution < -0.4 is 10.6 Å². The molecule has 1 rings (SSSR count). The van der Waals surface area contributed by atoms with Crippen LogP contribution in [-0.2, 0) is 0 Å². The number of β-amino-alcohol motifs (C(OH)–C–C–N with tert-alkyl or cyclic N) is 2. The zero-order valence-electron chi connectivity index (χ0n) is 4.46. The van der Waals surface area contributed by atoms with E-state index in [1.807, 2.05) is 0 Å². The molecule has 2 atom stereocenters. The van der Waals surface area contributed by atoms with E-state index in [0.29, 0.717) is 13.1 Å². The third-order valence-electron chi connectivity index (χ3n) is 1.09. The van der Waals surface area contributed by atoms with Gasteiger partial charge >= 0.3 is 0 Å². The lowest BCUT2D eigenvalue weighted by Gasteiger charge is -2.23. The van der Waals surface area contributed by atoms with E-state index in [4.69, 9.17) is 10.2 Å². The van der Waals surface area contributed by atoms with Gasteiger partial charge in [-0.15, -0.1) is 0 Å². The molecule has 1 aliphatic heterocycles. The van der Waals surface area contributed by atoms with E-state index < -0.39 is 12.5 Å². The number of aliphatic hydroxyl groups is 2. The van der Waals surface area contributed by atoms with Crippen LogP contribution in [0.25, 0.3) is 0 Å². The summed E-state index contributed by atoms with van der Waals surface area (Å²) in [6.07, 6.45) is -1.00. The fraction of sp³-hybridized carbons (Fsp3) is 1.00. The SMILES string of the molecule is OC1CNC(O)CN1. The zero-order valence-corrected chi connectivity index (χ0v) is 4.46. The summed E-state index contributed by atoms with van der Waals surface area (Å²) in [5, 5.41) is 22.8. The lowest BCUT2D eigenvalue weighted by molar-refractivity contribution is 0.0366. The molecular weight excluding hydrogens is 108 g/mol. The van der Waals surface area contributed by atoms with Gasteiger partial charge in [0.05, 0.1) is 0 Å². The van der Waals surface area contributed by atoms with E-state index in [2.05, 4.69) is 10.6 Å². The highest BCUT2D eigenvalue weighted by Gasteiger charge is 2.13. The molecule has 2 unspecified atom stereocenters. The average molecular weight is 118 g/mol. The summed E-state index contributed by atoms with van der Waals surface area (Å²) in [6.45, 7) is 0.836. The van der Waals surface area contributed by atoms with Gasteiger partial charge in [0.15, 0.2) is 0 Å². The van der Waals surface area contributed by atoms with Crippen LogP contribution in [0.5, 0.6) is 0 Å². The van der Waals surface area contributed by atoms with Crippen LogP contribution >= 0.6 is 0 Å². The Bertz CT molecular complexity index is 60.4. The Morgan fingerprint density at radius 1 is 1.00 bits per heavy atom. The van der Waals surface area contributed by atoms with Crippen LogP contribution in [-0.4, -0.2) is 35.8 Å². The van der Waals surface area contributed by atoms with E-state index >= 15 is 0 Å². The van der Waals surface area contributed by atoms with Gasteiger partial charge in [0.25, 0.3) is 0 Å². The molecular formula is C4H10N2O2. The average Bonchev–Trinajstić information content (AvgIpc) is 1.77. The number of rotatable bonds is 0. The van der Waals surface area contributed by atoms with E-state index in [1.165, 1.54) is 0 Å². The highest BCUT2D eigenvalue weighted by atomic mass is 16.3. The number of hydrogen-bond donors (Lipinski definition) is 4. The van der Waals surface area contributed by atoms with Gasteiger partial charge < -0.3 is 10.2 Å². The van der Waals surface area contributed by atoms with Gasteiger partial charge in [0.2, 0.25) is 0 Å². The molecule has 0 bridgehead atoms. The molecule has 48 valence electrons. The maximum absolute atomic E-state index is 8.74. The molecule has 1 fully saturated rings. The van der Waals surface area contributed by atoms with Crippen LogP contribution in [0.3, 0.4) is 0 Å². The van der Waals surface area contributed by atoms with Gasteiger partial charge in [0, 0.05) is 13.1 Å². The fourth-order valence-electron chi connectivity index (χ4n) is 0.640. The first-order valence-electron chi connectivity index (χ1n) is 2.62. The number of aliphatic hydroxyl groups excluding tert-OH is 2. The Morgan fingerprint density at radius 2 is 1.38 bits per heavy atom. The van der Waals surface area contributed by atoms with Crippen molar-refractivity contribution in [1.82, 2.24) is 10.6 Å². The second kappa shape index (κ2) is 2.41. The number of nitrogens with one attached hydrogen (secondary N) is 2. The van der Waals surface area contributed by atoms with Crippen molar-refractivity contribution in [2.75, 3.05) is 13.1 Å². The molecule has 8 heavy (non-hydrogen) atoms. The third kappa shape index (κ3) is 1.41. The summed E-state index contributed by atoms with van der Waals surface area (Å²) < 4.78 is 0. The van der Waals surface area contributed by atoms with Crippen molar-refractivity contribution >= 4 is 0 Å². The van der Waals surface area contributed by atoms with E-state index in [0.717, 1.165) is 0 Å². The predicted octanol–water partition coefficient (Wildman–Crippen LogP) is -2.18. The van der Waals surface area contributed by atoms with Gasteiger partial charge in [-0.3, -0.25) is 10.6 Å². The van der Waals surface area contributed by atoms with E-state index in [1.54, 1.807) is 0 Å². The molecule has 0 aliphatic carbocycles. The fourth-order valence-corrected chi connectivity index (χ4v) is 0.640. The minimum atomic E-state index is -0.501. The van der Waals surface area contributed by atoms with Crippen molar-refractivity contribution in [3.8, 4) is 0 Å². The second-order valence-corrected chi connectivity index (χ2v) is 1.85. The Balaban J connectivity index is 2.19. The van der Waals surface area contributed by atoms with Gasteiger partial charge in [-0.25, -0.2) is 0 Å². The summed E-state index contributed by atoms with van der Waals surface area (Å²) in [5.74, 6) is 0. The Hall–Kier alpha value is -0.160. The van der Waals surface area contributed by atoms with Gasteiger partial charge in [0.1, 0.15) is 12.5 Å². The molecule has 1 heterocycles. The molecule has 0 aromatic carbocycles. The molecule has 0 aromatic rings. The molecule has 4 nitrogen and oxygen atoms in total. The Kier molecular flexibility index (Phi) is 1.80. The van der Waals surface area contributed by atoms with Crippen molar-refractivity contribution in [2.24, 2.45) is 0 Å². The van der Waals surface area contributed by atoms with Crippen molar-refractivity contribution in [3.63, 3.8) is 0 Å². The molecule has 0 amide bonds. The van der Waals surface area contributed by atoms with Crippen LogP contribution in [0.2, 0.25) is 0 Å². The second-order valence-electron chi connectivity index (χ2n) is 1.85. The highest BCUT2D eigenvalue weighted by Crippen LogP contribution is 1.84. The Morgan fingerprint density at radius 3 is 1.62 bits per heavy atom. The van der Waals surface area contributed by atoms with Gasteiger partial charge in [-0.05, 0) is 0 Å². The normalized spacial score (nSPS) is 39.8. The molecule has 1 saturated heterocycles. The quantitative estimate of drug-likeness (QED) is 0.292. The minimum absolute atomic E-state index is 0.418. The molecule has 1 aliphatic rings. The van der Waals surface area contributed by atoms with Crippen molar-refractivity contribution < 1.29 is 10.2 Å². The lowest BCUT2D eigenvalue weighted by Crippen LogP contribution is -2.54. The van der Waals surface area contributed by atoms with E-state index in [9.17, 15) is 0 Å². The largest absolute Gasteiger partial charge is 0.377 e. The topological polar surface area (TPSA) is 64.5 Å². The van der Waals surface area contributed by atoms with Crippen molar-refractivity contribution in [2.45, 2.75) is 12.5 Å². The predicted molar refractivity (Wildman–Crippen MR) is 28.0 cm³/mol. The van der Waals surface area contributed by atoms with Crippen LogP contribution in [0.4, 0.5) is 0 Å². The first-order chi connectivity index (χ1) is 3.79. The smallest absolute Gasteiger partial charge is 0.117 e. The molecule has 4 heteroatoms. The van der Waals surface area contributed by atoms with Gasteiger partial charge in [-0.2, -0.15) is 0 Å². The van der Waals surface area contributed by atoms with Crippen LogP contribution in [0.1, 0.15) is 0 Å². The summed E-state index contributed by atoms with van der Waals surface area (Å²) in [7, 11) is 0. The molecule has 0 radical (unpaired) electrons. The molecule has 0 spiro atoms. The summed E-state index contributed by atoms with van der Waals surface area (Å²) in [5.41, 5.74) is 0. The summed E-state index contributed by atoms with van der Waals surface area (Å²) >= 11 is 0. The van der Waals surface area contributed by atoms with Crippen LogP contribution in [0.15, 0.2) is 0 Å². The zero-order chi connectivity index (χ0) is 5.98. The van der Waals surface area contributed by atoms with Gasteiger partial charge in [-0.1, -0.05) is 0 Å².